The first-order valence-corrected chi connectivity index (χ1v) is 5.59. The second-order valence-corrected chi connectivity index (χ2v) is 4.62. The molecule has 2 rings (SSSR count). The lowest BCUT2D eigenvalue weighted by molar-refractivity contribution is 0.638. The van der Waals surface area contributed by atoms with Crippen LogP contribution in [-0.4, -0.2) is 6.54 Å². The van der Waals surface area contributed by atoms with Gasteiger partial charge in [0.1, 0.15) is 0 Å². The Bertz CT molecular complexity index is 281. The lowest BCUT2D eigenvalue weighted by atomic mass is 10.2. The van der Waals surface area contributed by atoms with Crippen LogP contribution in [-0.2, 0) is 6.54 Å². The van der Waals surface area contributed by atoms with Crippen molar-refractivity contribution in [1.82, 2.24) is 5.32 Å². The first kappa shape index (κ1) is 9.22. The fraction of sp³-hybridized carbons (Fsp3) is 0.455. The normalized spacial score (nSPS) is 16.1. The highest BCUT2D eigenvalue weighted by Crippen LogP contribution is 2.27. The van der Waals surface area contributed by atoms with Crippen molar-refractivity contribution in [1.29, 1.82) is 0 Å². The van der Waals surface area contributed by atoms with E-state index in [2.05, 4.69) is 45.5 Å². The molecule has 1 aromatic carbocycles. The minimum Gasteiger partial charge on any atom is -0.312 e. The third-order valence-electron chi connectivity index (χ3n) is 2.35. The van der Waals surface area contributed by atoms with Gasteiger partial charge in [0.15, 0.2) is 0 Å². The van der Waals surface area contributed by atoms with Gasteiger partial charge >= 0.3 is 0 Å². The summed E-state index contributed by atoms with van der Waals surface area (Å²) in [7, 11) is 0. The third kappa shape index (κ3) is 3.12. The maximum absolute atomic E-state index is 3.47. The summed E-state index contributed by atoms with van der Waals surface area (Å²) < 4.78 is 1.17. The van der Waals surface area contributed by atoms with E-state index in [-0.39, 0.29) is 0 Å². The van der Waals surface area contributed by atoms with Crippen molar-refractivity contribution in [3.63, 3.8) is 0 Å². The quantitative estimate of drug-likeness (QED) is 0.853. The molecule has 1 aliphatic carbocycles. The van der Waals surface area contributed by atoms with Gasteiger partial charge in [0.25, 0.3) is 0 Å². The van der Waals surface area contributed by atoms with Crippen LogP contribution >= 0.6 is 15.9 Å². The standard InChI is InChI=1S/C11H14BrN/c12-11-3-1-2-10(6-11)8-13-7-9-4-5-9/h1-3,6,9,13H,4-5,7-8H2. The maximum Gasteiger partial charge on any atom is 0.0206 e. The largest absolute Gasteiger partial charge is 0.312 e. The summed E-state index contributed by atoms with van der Waals surface area (Å²) in [6, 6.07) is 8.47. The van der Waals surface area contributed by atoms with Crippen LogP contribution in [0.1, 0.15) is 18.4 Å². The van der Waals surface area contributed by atoms with Gasteiger partial charge in [-0.25, -0.2) is 0 Å². The molecule has 13 heavy (non-hydrogen) atoms. The van der Waals surface area contributed by atoms with E-state index in [0.29, 0.717) is 0 Å². The molecule has 1 aromatic rings. The summed E-state index contributed by atoms with van der Waals surface area (Å²) in [4.78, 5) is 0. The second-order valence-electron chi connectivity index (χ2n) is 3.70. The first-order chi connectivity index (χ1) is 6.34. The van der Waals surface area contributed by atoms with Gasteiger partial charge in [0, 0.05) is 11.0 Å². The Morgan fingerprint density at radius 2 is 2.23 bits per heavy atom. The molecule has 1 fully saturated rings. The van der Waals surface area contributed by atoms with Crippen LogP contribution in [0.15, 0.2) is 28.7 Å². The van der Waals surface area contributed by atoms with Crippen molar-refractivity contribution in [2.45, 2.75) is 19.4 Å². The number of rotatable bonds is 4. The van der Waals surface area contributed by atoms with Crippen molar-refractivity contribution in [3.05, 3.63) is 34.3 Å². The molecule has 0 radical (unpaired) electrons. The second kappa shape index (κ2) is 4.25. The molecule has 0 unspecified atom stereocenters. The van der Waals surface area contributed by atoms with Crippen LogP contribution in [0.3, 0.4) is 0 Å². The average Bonchev–Trinajstić information content (AvgIpc) is 2.88. The average molecular weight is 240 g/mol. The fourth-order valence-corrected chi connectivity index (χ4v) is 1.84. The van der Waals surface area contributed by atoms with Crippen LogP contribution in [0.4, 0.5) is 0 Å². The van der Waals surface area contributed by atoms with Crippen molar-refractivity contribution >= 4 is 15.9 Å². The van der Waals surface area contributed by atoms with Crippen LogP contribution in [0.25, 0.3) is 0 Å². The molecule has 0 aromatic heterocycles. The van der Waals surface area contributed by atoms with E-state index in [4.69, 9.17) is 0 Å². The molecule has 0 aliphatic heterocycles. The van der Waals surface area contributed by atoms with E-state index >= 15 is 0 Å². The highest BCUT2D eigenvalue weighted by Gasteiger charge is 2.19. The predicted octanol–water partition coefficient (Wildman–Crippen LogP) is 2.95. The van der Waals surface area contributed by atoms with Crippen molar-refractivity contribution < 1.29 is 0 Å². The molecule has 70 valence electrons. The zero-order valence-electron chi connectivity index (χ0n) is 7.59. The van der Waals surface area contributed by atoms with E-state index in [1.807, 2.05) is 0 Å². The van der Waals surface area contributed by atoms with Gasteiger partial charge in [-0.05, 0) is 43.0 Å². The van der Waals surface area contributed by atoms with Gasteiger partial charge in [-0.2, -0.15) is 0 Å². The number of hydrogen-bond donors (Lipinski definition) is 1. The Balaban J connectivity index is 1.79. The predicted molar refractivity (Wildman–Crippen MR) is 58.6 cm³/mol. The number of hydrogen-bond acceptors (Lipinski definition) is 1. The molecule has 0 saturated heterocycles. The SMILES string of the molecule is Brc1cccc(CNCC2CC2)c1. The number of benzene rings is 1. The smallest absolute Gasteiger partial charge is 0.0206 e. The lowest BCUT2D eigenvalue weighted by Crippen LogP contribution is -2.15. The Morgan fingerprint density at radius 1 is 1.38 bits per heavy atom. The summed E-state index contributed by atoms with van der Waals surface area (Å²) >= 11 is 3.47. The van der Waals surface area contributed by atoms with Crippen LogP contribution < -0.4 is 5.32 Å². The Morgan fingerprint density at radius 3 is 2.92 bits per heavy atom. The molecule has 0 bridgehead atoms. The molecule has 1 nitrogen and oxygen atoms in total. The molecule has 1 saturated carbocycles. The van der Waals surface area contributed by atoms with E-state index < -0.39 is 0 Å². The molecule has 0 heterocycles. The van der Waals surface area contributed by atoms with Crippen molar-refractivity contribution in [2.75, 3.05) is 6.54 Å². The monoisotopic (exact) mass is 239 g/mol. The van der Waals surface area contributed by atoms with Crippen molar-refractivity contribution in [3.8, 4) is 0 Å². The van der Waals surface area contributed by atoms with E-state index in [1.165, 1.54) is 29.4 Å². The highest BCUT2D eigenvalue weighted by molar-refractivity contribution is 9.10. The van der Waals surface area contributed by atoms with E-state index in [1.54, 1.807) is 0 Å². The number of halogens is 1. The molecule has 1 N–H and O–H groups in total. The highest BCUT2D eigenvalue weighted by atomic mass is 79.9. The van der Waals surface area contributed by atoms with Crippen LogP contribution in [0, 0.1) is 5.92 Å². The number of nitrogens with one attached hydrogen (secondary N) is 1. The lowest BCUT2D eigenvalue weighted by Gasteiger charge is -2.03. The Kier molecular flexibility index (Phi) is 3.01. The minimum atomic E-state index is 0.965. The van der Waals surface area contributed by atoms with Gasteiger partial charge in [-0.3, -0.25) is 0 Å². The van der Waals surface area contributed by atoms with Gasteiger partial charge < -0.3 is 5.32 Å². The molecule has 0 spiro atoms. The molecule has 2 heteroatoms. The van der Waals surface area contributed by atoms with Gasteiger partial charge in [-0.1, -0.05) is 28.1 Å². The maximum atomic E-state index is 3.47. The summed E-state index contributed by atoms with van der Waals surface area (Å²) in [6.07, 6.45) is 2.84. The minimum absolute atomic E-state index is 0.965. The molecular weight excluding hydrogens is 226 g/mol. The van der Waals surface area contributed by atoms with Gasteiger partial charge in [0.05, 0.1) is 0 Å². The molecule has 1 aliphatic rings. The summed E-state index contributed by atoms with van der Waals surface area (Å²) in [5.41, 5.74) is 1.36. The van der Waals surface area contributed by atoms with E-state index in [9.17, 15) is 0 Å². The van der Waals surface area contributed by atoms with Crippen LogP contribution in [0.2, 0.25) is 0 Å². The Labute approximate surface area is 87.7 Å². The summed E-state index contributed by atoms with van der Waals surface area (Å²) in [5, 5.41) is 3.47. The fourth-order valence-electron chi connectivity index (χ4n) is 1.39. The van der Waals surface area contributed by atoms with Gasteiger partial charge in [-0.15, -0.1) is 0 Å². The van der Waals surface area contributed by atoms with Gasteiger partial charge in [0.2, 0.25) is 0 Å². The molecule has 0 atom stereocenters. The molecule has 0 amide bonds. The van der Waals surface area contributed by atoms with Crippen LogP contribution in [0.5, 0.6) is 0 Å². The zero-order chi connectivity index (χ0) is 9.10. The van der Waals surface area contributed by atoms with E-state index in [0.717, 1.165) is 12.5 Å². The first-order valence-electron chi connectivity index (χ1n) is 4.80. The van der Waals surface area contributed by atoms with Crippen molar-refractivity contribution in [2.24, 2.45) is 5.92 Å². The summed E-state index contributed by atoms with van der Waals surface area (Å²) in [6.45, 7) is 2.18. The third-order valence-corrected chi connectivity index (χ3v) is 2.84. The topological polar surface area (TPSA) is 12.0 Å². The Hall–Kier alpha value is -0.340. The molecular formula is C11H14BrN. The zero-order valence-corrected chi connectivity index (χ0v) is 9.18. The summed E-state index contributed by atoms with van der Waals surface area (Å²) in [5.74, 6) is 0.965.